The first-order valence-electron chi connectivity index (χ1n) is 11.3. The van der Waals surface area contributed by atoms with Crippen LogP contribution in [0.25, 0.3) is 0 Å². The van der Waals surface area contributed by atoms with Crippen LogP contribution in [0.3, 0.4) is 0 Å². The first-order chi connectivity index (χ1) is 15.6. The molecule has 1 fully saturated rings. The van der Waals surface area contributed by atoms with Crippen LogP contribution in [0, 0.1) is 5.92 Å². The van der Waals surface area contributed by atoms with E-state index in [0.717, 1.165) is 75.0 Å². The number of piperidine rings is 1. The molecule has 0 aliphatic carbocycles. The standard InChI is InChI=1S/C24H32N6O2/c1-26-24(28-11-6-17-4-5-21-19(15-17)9-14-32-21)29-16-20-3-2-10-27-23(20)30-12-7-18(8-13-30)22(25)31/h2-5,10,15,18H,6-9,11-14,16H2,1H3,(H2,25,31)(H2,26,28,29). The van der Waals surface area contributed by atoms with Gasteiger partial charge in [-0.2, -0.15) is 0 Å². The van der Waals surface area contributed by atoms with Gasteiger partial charge in [-0.25, -0.2) is 4.98 Å². The molecule has 3 heterocycles. The highest BCUT2D eigenvalue weighted by Crippen LogP contribution is 2.26. The molecule has 8 heteroatoms. The number of ether oxygens (including phenoxy) is 1. The van der Waals surface area contributed by atoms with E-state index in [4.69, 9.17) is 10.5 Å². The number of nitrogens with two attached hydrogens (primary N) is 1. The average molecular weight is 437 g/mol. The van der Waals surface area contributed by atoms with Crippen LogP contribution >= 0.6 is 0 Å². The Balaban J connectivity index is 1.28. The maximum absolute atomic E-state index is 11.5. The molecule has 1 aromatic heterocycles. The molecule has 8 nitrogen and oxygen atoms in total. The molecule has 2 aromatic rings. The van der Waals surface area contributed by atoms with Crippen molar-refractivity contribution in [2.45, 2.75) is 32.2 Å². The van der Waals surface area contributed by atoms with Gasteiger partial charge < -0.3 is 26.0 Å². The third-order valence-corrected chi connectivity index (χ3v) is 6.19. The number of primary amides is 1. The first kappa shape index (κ1) is 21.9. The molecule has 1 amide bonds. The Morgan fingerprint density at radius 3 is 2.91 bits per heavy atom. The van der Waals surface area contributed by atoms with Gasteiger partial charge in [0.1, 0.15) is 11.6 Å². The number of nitrogens with one attached hydrogen (secondary N) is 2. The van der Waals surface area contributed by atoms with Crippen molar-refractivity contribution in [2.24, 2.45) is 16.6 Å². The van der Waals surface area contributed by atoms with Crippen LogP contribution in [-0.2, 0) is 24.2 Å². The lowest BCUT2D eigenvalue weighted by Gasteiger charge is -2.32. The van der Waals surface area contributed by atoms with Gasteiger partial charge >= 0.3 is 0 Å². The number of fused-ring (bicyclic) bond motifs is 1. The van der Waals surface area contributed by atoms with E-state index in [2.05, 4.69) is 49.8 Å². The fraction of sp³-hybridized carbons (Fsp3) is 0.458. The maximum Gasteiger partial charge on any atom is 0.220 e. The molecule has 2 aliphatic heterocycles. The zero-order chi connectivity index (χ0) is 22.3. The third-order valence-electron chi connectivity index (χ3n) is 6.19. The fourth-order valence-electron chi connectivity index (χ4n) is 4.35. The number of guanidine groups is 1. The second-order valence-corrected chi connectivity index (χ2v) is 8.29. The van der Waals surface area contributed by atoms with Crippen molar-refractivity contribution in [3.63, 3.8) is 0 Å². The molecule has 0 saturated carbocycles. The molecule has 1 aromatic carbocycles. The highest BCUT2D eigenvalue weighted by atomic mass is 16.5. The van der Waals surface area contributed by atoms with Gasteiger partial charge in [0.15, 0.2) is 5.96 Å². The second kappa shape index (κ2) is 10.3. The van der Waals surface area contributed by atoms with Gasteiger partial charge in [0.2, 0.25) is 5.91 Å². The highest BCUT2D eigenvalue weighted by molar-refractivity contribution is 5.79. The van der Waals surface area contributed by atoms with E-state index in [1.54, 1.807) is 7.05 Å². The monoisotopic (exact) mass is 436 g/mol. The number of aliphatic imine (C=N–C) groups is 1. The molecular formula is C24H32N6O2. The normalized spacial score (nSPS) is 16.4. The van der Waals surface area contributed by atoms with Crippen LogP contribution < -0.4 is 26.0 Å². The van der Waals surface area contributed by atoms with E-state index in [-0.39, 0.29) is 11.8 Å². The third kappa shape index (κ3) is 5.30. The van der Waals surface area contributed by atoms with Gasteiger partial charge in [-0.3, -0.25) is 9.79 Å². The molecule has 4 rings (SSSR count). The molecule has 32 heavy (non-hydrogen) atoms. The first-order valence-corrected chi connectivity index (χ1v) is 11.3. The Morgan fingerprint density at radius 1 is 1.28 bits per heavy atom. The van der Waals surface area contributed by atoms with Crippen molar-refractivity contribution in [3.8, 4) is 5.75 Å². The second-order valence-electron chi connectivity index (χ2n) is 8.29. The Bertz CT molecular complexity index is 969. The van der Waals surface area contributed by atoms with Gasteiger partial charge in [-0.15, -0.1) is 0 Å². The number of pyridine rings is 1. The zero-order valence-corrected chi connectivity index (χ0v) is 18.6. The van der Waals surface area contributed by atoms with Crippen LogP contribution in [0.15, 0.2) is 41.5 Å². The Hall–Kier alpha value is -3.29. The van der Waals surface area contributed by atoms with E-state index in [1.807, 2.05) is 12.3 Å². The van der Waals surface area contributed by atoms with Crippen molar-refractivity contribution in [3.05, 3.63) is 53.2 Å². The minimum Gasteiger partial charge on any atom is -0.493 e. The summed E-state index contributed by atoms with van der Waals surface area (Å²) >= 11 is 0. The van der Waals surface area contributed by atoms with Gasteiger partial charge in [-0.1, -0.05) is 18.2 Å². The quantitative estimate of drug-likeness (QED) is 0.450. The summed E-state index contributed by atoms with van der Waals surface area (Å²) in [5.41, 5.74) is 9.17. The van der Waals surface area contributed by atoms with E-state index < -0.39 is 0 Å². The van der Waals surface area contributed by atoms with Gasteiger partial charge in [-0.05, 0) is 42.5 Å². The lowest BCUT2D eigenvalue weighted by atomic mass is 9.96. The number of carbonyl (C=O) groups is 1. The van der Waals surface area contributed by atoms with Crippen molar-refractivity contribution in [1.82, 2.24) is 15.6 Å². The smallest absolute Gasteiger partial charge is 0.220 e. The number of hydrogen-bond acceptors (Lipinski definition) is 5. The molecule has 0 radical (unpaired) electrons. The lowest BCUT2D eigenvalue weighted by molar-refractivity contribution is -0.122. The number of anilines is 1. The van der Waals surface area contributed by atoms with Crippen LogP contribution in [0.2, 0.25) is 0 Å². The Labute approximate surface area is 189 Å². The van der Waals surface area contributed by atoms with E-state index in [0.29, 0.717) is 6.54 Å². The van der Waals surface area contributed by atoms with Crippen molar-refractivity contribution < 1.29 is 9.53 Å². The van der Waals surface area contributed by atoms with Gasteiger partial charge in [0, 0.05) is 57.3 Å². The number of amides is 1. The predicted octanol–water partition coefficient (Wildman–Crippen LogP) is 1.63. The summed E-state index contributed by atoms with van der Waals surface area (Å²) in [4.78, 5) is 22.7. The Kier molecular flexibility index (Phi) is 7.09. The lowest BCUT2D eigenvalue weighted by Crippen LogP contribution is -2.40. The number of hydrogen-bond donors (Lipinski definition) is 3. The minimum absolute atomic E-state index is 0.0298. The maximum atomic E-state index is 11.5. The number of benzene rings is 1. The predicted molar refractivity (Wildman–Crippen MR) is 126 cm³/mol. The van der Waals surface area contributed by atoms with Crippen molar-refractivity contribution in [1.29, 1.82) is 0 Å². The van der Waals surface area contributed by atoms with Gasteiger partial charge in [0.25, 0.3) is 0 Å². The molecule has 4 N–H and O–H groups in total. The van der Waals surface area contributed by atoms with E-state index in [9.17, 15) is 4.79 Å². The molecule has 1 saturated heterocycles. The number of carbonyl (C=O) groups excluding carboxylic acids is 1. The molecule has 170 valence electrons. The number of aromatic nitrogens is 1. The highest BCUT2D eigenvalue weighted by Gasteiger charge is 2.25. The van der Waals surface area contributed by atoms with Crippen LogP contribution in [0.1, 0.15) is 29.5 Å². The molecule has 2 aliphatic rings. The fourth-order valence-corrected chi connectivity index (χ4v) is 4.35. The molecule has 0 atom stereocenters. The number of nitrogens with zero attached hydrogens (tertiary/aromatic N) is 3. The van der Waals surface area contributed by atoms with Crippen molar-refractivity contribution in [2.75, 3.05) is 38.2 Å². The van der Waals surface area contributed by atoms with Crippen LogP contribution in [0.4, 0.5) is 5.82 Å². The summed E-state index contributed by atoms with van der Waals surface area (Å²) < 4.78 is 5.58. The van der Waals surface area contributed by atoms with Crippen LogP contribution in [-0.4, -0.2) is 50.1 Å². The largest absolute Gasteiger partial charge is 0.493 e. The van der Waals surface area contributed by atoms with Crippen molar-refractivity contribution >= 4 is 17.7 Å². The summed E-state index contributed by atoms with van der Waals surface area (Å²) in [5, 5.41) is 6.79. The topological polar surface area (TPSA) is 105 Å². The summed E-state index contributed by atoms with van der Waals surface area (Å²) in [6.45, 7) is 3.77. The molecule has 0 bridgehead atoms. The molecule has 0 unspecified atom stereocenters. The summed E-state index contributed by atoms with van der Waals surface area (Å²) in [7, 11) is 1.78. The average Bonchev–Trinajstić information content (AvgIpc) is 3.29. The number of rotatable bonds is 7. The van der Waals surface area contributed by atoms with Gasteiger partial charge in [0.05, 0.1) is 6.61 Å². The summed E-state index contributed by atoms with van der Waals surface area (Å²) in [5.74, 6) is 2.51. The summed E-state index contributed by atoms with van der Waals surface area (Å²) in [6.07, 6.45) is 5.27. The molecule has 0 spiro atoms. The van der Waals surface area contributed by atoms with Crippen LogP contribution in [0.5, 0.6) is 5.75 Å². The Morgan fingerprint density at radius 2 is 2.12 bits per heavy atom. The SMILES string of the molecule is CN=C(NCCc1ccc2c(c1)CCO2)NCc1cccnc1N1CCC(C(N)=O)CC1. The molecular weight excluding hydrogens is 404 g/mol. The van der Waals surface area contributed by atoms with E-state index >= 15 is 0 Å². The summed E-state index contributed by atoms with van der Waals surface area (Å²) in [6, 6.07) is 10.5. The minimum atomic E-state index is -0.198. The van der Waals surface area contributed by atoms with E-state index in [1.165, 1.54) is 11.1 Å². The zero-order valence-electron chi connectivity index (χ0n) is 18.6.